The zero-order chi connectivity index (χ0) is 21.5. The average Bonchev–Trinajstić information content (AvgIpc) is 3.03. The molecule has 1 aliphatic heterocycles. The Bertz CT molecular complexity index is 1030. The Morgan fingerprint density at radius 3 is 2.67 bits per heavy atom. The van der Waals surface area contributed by atoms with Gasteiger partial charge in [0.15, 0.2) is 23.3 Å². The summed E-state index contributed by atoms with van der Waals surface area (Å²) in [5.41, 5.74) is 1.52. The van der Waals surface area contributed by atoms with Crippen molar-refractivity contribution in [1.29, 1.82) is 5.26 Å². The van der Waals surface area contributed by atoms with Crippen LogP contribution in [0.15, 0.2) is 52.4 Å². The predicted octanol–water partition coefficient (Wildman–Crippen LogP) is 5.26. The van der Waals surface area contributed by atoms with Gasteiger partial charge in [-0.15, -0.1) is 0 Å². The van der Waals surface area contributed by atoms with E-state index in [-0.39, 0.29) is 12.5 Å². The van der Waals surface area contributed by atoms with Gasteiger partial charge in [-0.3, -0.25) is 9.69 Å². The van der Waals surface area contributed by atoms with E-state index in [9.17, 15) is 4.79 Å². The Hall–Kier alpha value is -2.95. The van der Waals surface area contributed by atoms with Crippen LogP contribution in [-0.4, -0.2) is 36.2 Å². The van der Waals surface area contributed by atoms with Crippen molar-refractivity contribution in [1.82, 2.24) is 4.90 Å². The minimum absolute atomic E-state index is 0.0678. The summed E-state index contributed by atoms with van der Waals surface area (Å²) in [5.74, 6) is 0.887. The number of methoxy groups -OCH3 is 1. The highest BCUT2D eigenvalue weighted by atomic mass is 35.5. The van der Waals surface area contributed by atoms with Crippen molar-refractivity contribution in [2.75, 3.05) is 20.3 Å². The zero-order valence-corrected chi connectivity index (χ0v) is 18.2. The number of nitrogens with zero attached hydrogens (tertiary/aromatic N) is 3. The Morgan fingerprint density at radius 2 is 2.00 bits per heavy atom. The van der Waals surface area contributed by atoms with Crippen LogP contribution in [0.3, 0.4) is 0 Å². The van der Waals surface area contributed by atoms with Gasteiger partial charge in [0, 0.05) is 11.6 Å². The predicted molar refractivity (Wildman–Crippen MR) is 120 cm³/mol. The second kappa shape index (κ2) is 10.2. The number of halogens is 1. The zero-order valence-electron chi connectivity index (χ0n) is 16.6. The highest BCUT2D eigenvalue weighted by Crippen LogP contribution is 2.36. The van der Waals surface area contributed by atoms with Gasteiger partial charge in [-0.05, 0) is 66.2 Å². The molecule has 0 N–H and O–H groups in total. The second-order valence-electron chi connectivity index (χ2n) is 6.30. The van der Waals surface area contributed by atoms with Crippen LogP contribution in [-0.2, 0) is 4.79 Å². The fourth-order valence-corrected chi connectivity index (χ4v) is 3.94. The van der Waals surface area contributed by atoms with Gasteiger partial charge < -0.3 is 9.47 Å². The van der Waals surface area contributed by atoms with Crippen molar-refractivity contribution in [3.05, 3.63) is 58.0 Å². The van der Waals surface area contributed by atoms with Crippen molar-refractivity contribution >= 4 is 46.2 Å². The van der Waals surface area contributed by atoms with Crippen molar-refractivity contribution < 1.29 is 14.3 Å². The maximum absolute atomic E-state index is 13.0. The van der Waals surface area contributed by atoms with Gasteiger partial charge >= 0.3 is 0 Å². The first-order chi connectivity index (χ1) is 14.5. The summed E-state index contributed by atoms with van der Waals surface area (Å²) < 4.78 is 10.7. The molecule has 2 aromatic rings. The third-order valence-electron chi connectivity index (χ3n) is 4.16. The number of benzene rings is 2. The van der Waals surface area contributed by atoms with Gasteiger partial charge in [-0.1, -0.05) is 24.6 Å². The summed E-state index contributed by atoms with van der Waals surface area (Å²) in [6, 6.07) is 14.4. The van der Waals surface area contributed by atoms with E-state index in [4.69, 9.17) is 26.3 Å². The Morgan fingerprint density at radius 1 is 1.23 bits per heavy atom. The van der Waals surface area contributed by atoms with E-state index in [1.165, 1.54) is 18.9 Å². The number of amides is 1. The Kier molecular flexibility index (Phi) is 7.39. The highest BCUT2D eigenvalue weighted by molar-refractivity contribution is 8.18. The molecule has 0 radical (unpaired) electrons. The quantitative estimate of drug-likeness (QED) is 0.547. The molecule has 1 heterocycles. The lowest BCUT2D eigenvalue weighted by molar-refractivity contribution is -0.122. The number of thioether (sulfide) groups is 1. The maximum Gasteiger partial charge on any atom is 0.266 e. The van der Waals surface area contributed by atoms with Crippen LogP contribution in [0.5, 0.6) is 11.5 Å². The number of rotatable bonds is 7. The monoisotopic (exact) mass is 441 g/mol. The molecular formula is C22H20ClN3O3S. The standard InChI is InChI=1S/C22H20ClN3O3S/c1-3-11-26-21(27)20(30-22(26)25-17-7-5-16(23)6-8-17)14-15-4-9-18(29-12-10-24)19(13-15)28-2/h4-9,13-14H,3,11-12H2,1-2H3/b20-14-,25-22?. The van der Waals surface area contributed by atoms with Gasteiger partial charge in [-0.25, -0.2) is 4.99 Å². The molecule has 1 saturated heterocycles. The maximum atomic E-state index is 13.0. The number of hydrogen-bond donors (Lipinski definition) is 0. The van der Waals surface area contributed by atoms with E-state index >= 15 is 0 Å². The summed E-state index contributed by atoms with van der Waals surface area (Å²) in [5, 5.41) is 9.96. The van der Waals surface area contributed by atoms with E-state index in [1.54, 1.807) is 35.2 Å². The van der Waals surface area contributed by atoms with Crippen LogP contribution in [0.1, 0.15) is 18.9 Å². The number of ether oxygens (including phenoxy) is 2. The van der Waals surface area contributed by atoms with Gasteiger partial charge in [0.1, 0.15) is 6.07 Å². The minimum Gasteiger partial charge on any atom is -0.493 e. The second-order valence-corrected chi connectivity index (χ2v) is 7.74. The first-order valence-corrected chi connectivity index (χ1v) is 10.5. The molecule has 0 atom stereocenters. The van der Waals surface area contributed by atoms with E-state index in [1.807, 2.05) is 31.2 Å². The molecule has 8 heteroatoms. The molecule has 1 aliphatic rings. The number of aliphatic imine (C=N–C) groups is 1. The summed E-state index contributed by atoms with van der Waals surface area (Å²) >= 11 is 7.28. The first-order valence-electron chi connectivity index (χ1n) is 9.29. The van der Waals surface area contributed by atoms with Gasteiger partial charge in [0.25, 0.3) is 5.91 Å². The number of carbonyl (C=O) groups is 1. The minimum atomic E-state index is -0.0849. The largest absolute Gasteiger partial charge is 0.493 e. The van der Waals surface area contributed by atoms with E-state index in [0.29, 0.717) is 33.1 Å². The van der Waals surface area contributed by atoms with Crippen LogP contribution in [0.2, 0.25) is 5.02 Å². The molecule has 0 aromatic heterocycles. The molecule has 3 rings (SSSR count). The summed E-state index contributed by atoms with van der Waals surface area (Å²) in [4.78, 5) is 19.9. The average molecular weight is 442 g/mol. The normalized spacial score (nSPS) is 16.2. The van der Waals surface area contributed by atoms with Gasteiger partial charge in [0.2, 0.25) is 0 Å². The lowest BCUT2D eigenvalue weighted by Crippen LogP contribution is -2.29. The van der Waals surface area contributed by atoms with Crippen molar-refractivity contribution in [3.63, 3.8) is 0 Å². The molecule has 6 nitrogen and oxygen atoms in total. The van der Waals surface area contributed by atoms with E-state index < -0.39 is 0 Å². The molecule has 1 fully saturated rings. The Balaban J connectivity index is 1.90. The fourth-order valence-electron chi connectivity index (χ4n) is 2.79. The lowest BCUT2D eigenvalue weighted by atomic mass is 10.2. The molecule has 0 spiro atoms. The van der Waals surface area contributed by atoms with E-state index in [0.717, 1.165) is 17.7 Å². The Labute approximate surface area is 184 Å². The third-order valence-corrected chi connectivity index (χ3v) is 5.42. The number of hydrogen-bond acceptors (Lipinski definition) is 6. The van der Waals surface area contributed by atoms with Crippen LogP contribution in [0.25, 0.3) is 6.08 Å². The molecule has 154 valence electrons. The third kappa shape index (κ3) is 5.15. The molecular weight excluding hydrogens is 422 g/mol. The van der Waals surface area contributed by atoms with Crippen LogP contribution in [0, 0.1) is 11.3 Å². The van der Waals surface area contributed by atoms with Crippen molar-refractivity contribution in [2.45, 2.75) is 13.3 Å². The number of carbonyl (C=O) groups excluding carboxylic acids is 1. The molecule has 0 aliphatic carbocycles. The highest BCUT2D eigenvalue weighted by Gasteiger charge is 2.32. The van der Waals surface area contributed by atoms with Crippen molar-refractivity contribution in [3.8, 4) is 17.6 Å². The topological polar surface area (TPSA) is 74.9 Å². The van der Waals surface area contributed by atoms with Crippen LogP contribution < -0.4 is 9.47 Å². The summed E-state index contributed by atoms with van der Waals surface area (Å²) in [6.45, 7) is 2.53. The number of amidine groups is 1. The molecule has 0 saturated carbocycles. The lowest BCUT2D eigenvalue weighted by Gasteiger charge is -2.14. The van der Waals surface area contributed by atoms with Crippen LogP contribution in [0.4, 0.5) is 5.69 Å². The summed E-state index contributed by atoms with van der Waals surface area (Å²) in [6.07, 6.45) is 2.62. The molecule has 1 amide bonds. The van der Waals surface area contributed by atoms with E-state index in [2.05, 4.69) is 4.99 Å². The molecule has 30 heavy (non-hydrogen) atoms. The molecule has 0 unspecified atom stereocenters. The molecule has 2 aromatic carbocycles. The van der Waals surface area contributed by atoms with Crippen LogP contribution >= 0.6 is 23.4 Å². The van der Waals surface area contributed by atoms with Gasteiger partial charge in [-0.2, -0.15) is 5.26 Å². The molecule has 0 bridgehead atoms. The SMILES string of the molecule is CCCN1C(=O)/C(=C/c2ccc(OCC#N)c(OC)c2)SC1=Nc1ccc(Cl)cc1. The fraction of sp³-hybridized carbons (Fsp3) is 0.227. The van der Waals surface area contributed by atoms with Crippen molar-refractivity contribution in [2.24, 2.45) is 4.99 Å². The smallest absolute Gasteiger partial charge is 0.266 e. The van der Waals surface area contributed by atoms with Gasteiger partial charge in [0.05, 0.1) is 17.7 Å². The first kappa shape index (κ1) is 21.8. The summed E-state index contributed by atoms with van der Waals surface area (Å²) in [7, 11) is 1.53. The number of nitriles is 1.